The van der Waals surface area contributed by atoms with Gasteiger partial charge in [-0.15, -0.1) is 0 Å². The molecule has 0 aromatic carbocycles. The first-order valence-electron chi connectivity index (χ1n) is 7.59. The topological polar surface area (TPSA) is 50.2 Å². The van der Waals surface area contributed by atoms with Gasteiger partial charge in [-0.25, -0.2) is 0 Å². The fourth-order valence-corrected chi connectivity index (χ4v) is 3.37. The normalized spacial score (nSPS) is 26.7. The second-order valence-electron chi connectivity index (χ2n) is 6.61. The minimum Gasteiger partial charge on any atom is -0.481 e. The van der Waals surface area contributed by atoms with Crippen molar-refractivity contribution < 1.29 is 9.90 Å². The van der Waals surface area contributed by atoms with Gasteiger partial charge in [-0.05, 0) is 56.6 Å². The van der Waals surface area contributed by atoms with Crippen LogP contribution in [0.1, 0.15) is 50.9 Å². The van der Waals surface area contributed by atoms with Gasteiger partial charge in [-0.1, -0.05) is 19.9 Å². The summed E-state index contributed by atoms with van der Waals surface area (Å²) in [6, 6.07) is 5.87. The number of hydrogen-bond acceptors (Lipinski definition) is 2. The Balaban J connectivity index is 2.14. The van der Waals surface area contributed by atoms with Crippen LogP contribution in [0, 0.1) is 24.2 Å². The average Bonchev–Trinajstić information content (AvgIpc) is 2.39. The summed E-state index contributed by atoms with van der Waals surface area (Å²) in [5, 5.41) is 9.72. The highest BCUT2D eigenvalue weighted by atomic mass is 16.4. The molecule has 1 aliphatic carbocycles. The summed E-state index contributed by atoms with van der Waals surface area (Å²) in [7, 11) is 0. The monoisotopic (exact) mass is 275 g/mol. The lowest BCUT2D eigenvalue weighted by Gasteiger charge is -2.38. The van der Waals surface area contributed by atoms with E-state index in [0.29, 0.717) is 18.3 Å². The maximum atomic E-state index is 11.8. The maximum absolute atomic E-state index is 11.8. The molecule has 3 heteroatoms. The smallest absolute Gasteiger partial charge is 0.310 e. The van der Waals surface area contributed by atoms with Crippen LogP contribution in [0.25, 0.3) is 0 Å². The number of hydrogen-bond donors (Lipinski definition) is 1. The average molecular weight is 275 g/mol. The van der Waals surface area contributed by atoms with E-state index in [2.05, 4.69) is 18.8 Å². The Hall–Kier alpha value is -1.38. The van der Waals surface area contributed by atoms with Crippen LogP contribution in [0.3, 0.4) is 0 Å². The Kier molecular flexibility index (Phi) is 4.46. The Bertz CT molecular complexity index is 474. The lowest BCUT2D eigenvalue weighted by atomic mass is 9.66. The standard InChI is InChI=1S/C17H25NO2/c1-12(2)14-7-9-17(10-8-14,16(19)20)11-15-6-4-5-13(3)18-15/h4-6,12,14H,7-11H2,1-3H3,(H,19,20). The molecule has 1 heterocycles. The predicted molar refractivity (Wildman–Crippen MR) is 79.5 cm³/mol. The molecule has 0 atom stereocenters. The van der Waals surface area contributed by atoms with Crippen molar-refractivity contribution in [2.75, 3.05) is 0 Å². The van der Waals surface area contributed by atoms with Crippen LogP contribution in [0.15, 0.2) is 18.2 Å². The van der Waals surface area contributed by atoms with Gasteiger partial charge in [0.05, 0.1) is 5.41 Å². The van der Waals surface area contributed by atoms with Gasteiger partial charge in [0.15, 0.2) is 0 Å². The van der Waals surface area contributed by atoms with Gasteiger partial charge in [0.1, 0.15) is 0 Å². The quantitative estimate of drug-likeness (QED) is 0.908. The van der Waals surface area contributed by atoms with E-state index < -0.39 is 11.4 Å². The molecule has 1 saturated carbocycles. The van der Waals surface area contributed by atoms with Crippen LogP contribution in [0.4, 0.5) is 0 Å². The van der Waals surface area contributed by atoms with Gasteiger partial charge >= 0.3 is 5.97 Å². The molecule has 0 saturated heterocycles. The summed E-state index contributed by atoms with van der Waals surface area (Å²) in [6.07, 6.45) is 4.17. The molecular formula is C17H25NO2. The minimum atomic E-state index is -0.650. The fourth-order valence-electron chi connectivity index (χ4n) is 3.37. The second-order valence-corrected chi connectivity index (χ2v) is 6.61. The first kappa shape index (κ1) is 15.0. The van der Waals surface area contributed by atoms with Crippen molar-refractivity contribution in [3.05, 3.63) is 29.6 Å². The highest BCUT2D eigenvalue weighted by Crippen LogP contribution is 2.43. The first-order valence-corrected chi connectivity index (χ1v) is 7.59. The molecule has 0 radical (unpaired) electrons. The lowest BCUT2D eigenvalue weighted by molar-refractivity contribution is -0.152. The van der Waals surface area contributed by atoms with Crippen molar-refractivity contribution in [2.24, 2.45) is 17.3 Å². The van der Waals surface area contributed by atoms with Crippen molar-refractivity contribution in [2.45, 2.75) is 52.9 Å². The van der Waals surface area contributed by atoms with Gasteiger partial charge in [-0.3, -0.25) is 9.78 Å². The highest BCUT2D eigenvalue weighted by molar-refractivity contribution is 5.75. The zero-order chi connectivity index (χ0) is 14.8. The van der Waals surface area contributed by atoms with Crippen LogP contribution in [0.5, 0.6) is 0 Å². The third-order valence-electron chi connectivity index (χ3n) is 4.85. The van der Waals surface area contributed by atoms with E-state index in [0.717, 1.165) is 37.1 Å². The Morgan fingerprint density at radius 2 is 2.05 bits per heavy atom. The maximum Gasteiger partial charge on any atom is 0.310 e. The third-order valence-corrected chi connectivity index (χ3v) is 4.85. The van der Waals surface area contributed by atoms with Crippen LogP contribution in [-0.2, 0) is 11.2 Å². The van der Waals surface area contributed by atoms with Gasteiger partial charge in [-0.2, -0.15) is 0 Å². The second kappa shape index (κ2) is 5.94. The summed E-state index contributed by atoms with van der Waals surface area (Å²) in [6.45, 7) is 6.42. The SMILES string of the molecule is Cc1cccc(CC2(C(=O)O)CCC(C(C)C)CC2)n1. The molecule has 20 heavy (non-hydrogen) atoms. The molecule has 1 aromatic rings. The van der Waals surface area contributed by atoms with Crippen LogP contribution >= 0.6 is 0 Å². The van der Waals surface area contributed by atoms with E-state index in [1.54, 1.807) is 0 Å². The van der Waals surface area contributed by atoms with Gasteiger partial charge in [0.25, 0.3) is 0 Å². The van der Waals surface area contributed by atoms with E-state index in [1.165, 1.54) is 0 Å². The first-order chi connectivity index (χ1) is 9.43. The number of aliphatic carboxylic acids is 1. The Morgan fingerprint density at radius 3 is 2.55 bits per heavy atom. The molecular weight excluding hydrogens is 250 g/mol. The van der Waals surface area contributed by atoms with E-state index in [1.807, 2.05) is 25.1 Å². The van der Waals surface area contributed by atoms with Crippen molar-refractivity contribution in [1.82, 2.24) is 4.98 Å². The molecule has 1 aromatic heterocycles. The molecule has 110 valence electrons. The zero-order valence-electron chi connectivity index (χ0n) is 12.7. The molecule has 1 N–H and O–H groups in total. The summed E-state index contributed by atoms with van der Waals surface area (Å²) < 4.78 is 0. The number of carboxylic acid groups (broad SMARTS) is 1. The lowest BCUT2D eigenvalue weighted by Crippen LogP contribution is -2.38. The molecule has 1 aliphatic rings. The van der Waals surface area contributed by atoms with E-state index in [-0.39, 0.29) is 0 Å². The van der Waals surface area contributed by atoms with Crippen LogP contribution < -0.4 is 0 Å². The van der Waals surface area contributed by atoms with E-state index >= 15 is 0 Å². The van der Waals surface area contributed by atoms with Crippen molar-refractivity contribution in [1.29, 1.82) is 0 Å². The van der Waals surface area contributed by atoms with Gasteiger partial charge in [0.2, 0.25) is 0 Å². The molecule has 0 amide bonds. The third kappa shape index (κ3) is 3.20. The molecule has 3 nitrogen and oxygen atoms in total. The van der Waals surface area contributed by atoms with Crippen molar-refractivity contribution in [3.63, 3.8) is 0 Å². The van der Waals surface area contributed by atoms with Crippen LogP contribution in [0.2, 0.25) is 0 Å². The number of aryl methyl sites for hydroxylation is 1. The van der Waals surface area contributed by atoms with E-state index in [9.17, 15) is 9.90 Å². The molecule has 0 unspecified atom stereocenters. The summed E-state index contributed by atoms with van der Waals surface area (Å²) in [5.74, 6) is 0.676. The van der Waals surface area contributed by atoms with Gasteiger partial charge < -0.3 is 5.11 Å². The summed E-state index contributed by atoms with van der Waals surface area (Å²) >= 11 is 0. The number of pyridine rings is 1. The fraction of sp³-hybridized carbons (Fsp3) is 0.647. The van der Waals surface area contributed by atoms with E-state index in [4.69, 9.17) is 0 Å². The Labute approximate surface area is 121 Å². The number of nitrogens with zero attached hydrogens (tertiary/aromatic N) is 1. The largest absolute Gasteiger partial charge is 0.481 e. The van der Waals surface area contributed by atoms with Crippen molar-refractivity contribution in [3.8, 4) is 0 Å². The Morgan fingerprint density at radius 1 is 1.40 bits per heavy atom. The number of aromatic nitrogens is 1. The number of rotatable bonds is 4. The molecule has 2 rings (SSSR count). The molecule has 1 fully saturated rings. The van der Waals surface area contributed by atoms with Crippen molar-refractivity contribution >= 4 is 5.97 Å². The van der Waals surface area contributed by atoms with Crippen LogP contribution in [-0.4, -0.2) is 16.1 Å². The summed E-state index contributed by atoms with van der Waals surface area (Å²) in [5.41, 5.74) is 1.26. The van der Waals surface area contributed by atoms with Gasteiger partial charge in [0, 0.05) is 17.8 Å². The predicted octanol–water partition coefficient (Wildman–Crippen LogP) is 3.85. The highest BCUT2D eigenvalue weighted by Gasteiger charge is 2.42. The number of carboxylic acids is 1. The molecule has 0 spiro atoms. The summed E-state index contributed by atoms with van der Waals surface area (Å²) in [4.78, 5) is 16.3. The molecule has 0 aliphatic heterocycles. The minimum absolute atomic E-state index is 0.564. The number of carbonyl (C=O) groups is 1. The zero-order valence-corrected chi connectivity index (χ0v) is 12.7. The molecule has 0 bridgehead atoms.